The number of rotatable bonds is 5. The van der Waals surface area contributed by atoms with Gasteiger partial charge in [-0.25, -0.2) is 0 Å². The third kappa shape index (κ3) is 3.70. The quantitative estimate of drug-likeness (QED) is 0.652. The van der Waals surface area contributed by atoms with Crippen molar-refractivity contribution in [3.8, 4) is 11.3 Å². The summed E-state index contributed by atoms with van der Waals surface area (Å²) in [6.07, 6.45) is 0.964. The SMILES string of the molecule is CCN(CC1CCOC1)C(=O)c1cccc2c(=O)c(C)c(-c3ccccc3)oc12. The van der Waals surface area contributed by atoms with Crippen molar-refractivity contribution in [2.75, 3.05) is 26.3 Å². The van der Waals surface area contributed by atoms with E-state index in [0.29, 0.717) is 53.5 Å². The first-order valence-corrected chi connectivity index (χ1v) is 10.1. The van der Waals surface area contributed by atoms with Gasteiger partial charge in [0.1, 0.15) is 5.76 Å². The largest absolute Gasteiger partial charge is 0.455 e. The van der Waals surface area contributed by atoms with E-state index < -0.39 is 0 Å². The molecule has 0 N–H and O–H groups in total. The molecule has 5 heteroatoms. The van der Waals surface area contributed by atoms with E-state index in [-0.39, 0.29) is 11.3 Å². The zero-order valence-corrected chi connectivity index (χ0v) is 16.8. The number of amides is 1. The number of carbonyl (C=O) groups excluding carboxylic acids is 1. The number of para-hydroxylation sites is 1. The normalized spacial score (nSPS) is 16.3. The summed E-state index contributed by atoms with van der Waals surface area (Å²) >= 11 is 0. The lowest BCUT2D eigenvalue weighted by atomic mass is 10.0. The van der Waals surface area contributed by atoms with Crippen molar-refractivity contribution in [2.45, 2.75) is 20.3 Å². The van der Waals surface area contributed by atoms with E-state index in [1.54, 1.807) is 25.1 Å². The second kappa shape index (κ2) is 8.21. The Bertz CT molecular complexity index is 1080. The molecule has 0 radical (unpaired) electrons. The second-order valence-corrected chi connectivity index (χ2v) is 7.51. The molecule has 150 valence electrons. The lowest BCUT2D eigenvalue weighted by Crippen LogP contribution is -2.35. The fourth-order valence-electron chi connectivity index (χ4n) is 3.91. The van der Waals surface area contributed by atoms with Crippen LogP contribution in [0.25, 0.3) is 22.3 Å². The smallest absolute Gasteiger partial charge is 0.257 e. The van der Waals surface area contributed by atoms with E-state index in [2.05, 4.69) is 0 Å². The molecular weight excluding hydrogens is 366 g/mol. The van der Waals surface area contributed by atoms with E-state index in [4.69, 9.17) is 9.15 Å². The number of hydrogen-bond donors (Lipinski definition) is 0. The average Bonchev–Trinajstić information content (AvgIpc) is 3.27. The Labute approximate surface area is 169 Å². The van der Waals surface area contributed by atoms with Gasteiger partial charge in [-0.1, -0.05) is 36.4 Å². The van der Waals surface area contributed by atoms with Crippen molar-refractivity contribution in [3.63, 3.8) is 0 Å². The van der Waals surface area contributed by atoms with E-state index in [1.165, 1.54) is 0 Å². The van der Waals surface area contributed by atoms with Gasteiger partial charge in [0.25, 0.3) is 5.91 Å². The van der Waals surface area contributed by atoms with Crippen LogP contribution in [0.2, 0.25) is 0 Å². The molecule has 29 heavy (non-hydrogen) atoms. The number of carbonyl (C=O) groups is 1. The lowest BCUT2D eigenvalue weighted by Gasteiger charge is -2.24. The van der Waals surface area contributed by atoms with Crippen LogP contribution in [-0.4, -0.2) is 37.1 Å². The van der Waals surface area contributed by atoms with Gasteiger partial charge in [0.2, 0.25) is 0 Å². The molecule has 2 aromatic carbocycles. The van der Waals surface area contributed by atoms with Gasteiger partial charge >= 0.3 is 0 Å². The summed E-state index contributed by atoms with van der Waals surface area (Å²) in [7, 11) is 0. The van der Waals surface area contributed by atoms with Crippen molar-refractivity contribution in [1.29, 1.82) is 0 Å². The van der Waals surface area contributed by atoms with Crippen molar-refractivity contribution in [2.24, 2.45) is 5.92 Å². The molecule has 0 aliphatic carbocycles. The molecule has 1 aromatic heterocycles. The molecule has 3 aromatic rings. The molecular formula is C24H25NO4. The van der Waals surface area contributed by atoms with Gasteiger partial charge in [-0.2, -0.15) is 0 Å². The molecule has 1 aliphatic heterocycles. The van der Waals surface area contributed by atoms with Crippen LogP contribution in [0.4, 0.5) is 0 Å². The van der Waals surface area contributed by atoms with Crippen LogP contribution in [0.3, 0.4) is 0 Å². The van der Waals surface area contributed by atoms with Gasteiger partial charge in [0.05, 0.1) is 17.6 Å². The zero-order valence-electron chi connectivity index (χ0n) is 16.8. The predicted molar refractivity (Wildman–Crippen MR) is 113 cm³/mol. The monoisotopic (exact) mass is 391 g/mol. The lowest BCUT2D eigenvalue weighted by molar-refractivity contribution is 0.0731. The van der Waals surface area contributed by atoms with Gasteiger partial charge in [-0.3, -0.25) is 9.59 Å². The average molecular weight is 391 g/mol. The summed E-state index contributed by atoms with van der Waals surface area (Å²) in [6, 6.07) is 14.7. The van der Waals surface area contributed by atoms with Crippen molar-refractivity contribution >= 4 is 16.9 Å². The molecule has 1 unspecified atom stereocenters. The van der Waals surface area contributed by atoms with Crippen LogP contribution in [0, 0.1) is 12.8 Å². The Balaban J connectivity index is 1.81. The van der Waals surface area contributed by atoms with E-state index in [0.717, 1.165) is 18.6 Å². The molecule has 1 aliphatic rings. The van der Waals surface area contributed by atoms with Gasteiger partial charge in [-0.15, -0.1) is 0 Å². The van der Waals surface area contributed by atoms with Crippen LogP contribution in [0.5, 0.6) is 0 Å². The fraction of sp³-hybridized carbons (Fsp3) is 0.333. The first kappa shape index (κ1) is 19.4. The van der Waals surface area contributed by atoms with Crippen molar-refractivity contribution in [1.82, 2.24) is 4.90 Å². The molecule has 0 bridgehead atoms. The zero-order chi connectivity index (χ0) is 20.4. The van der Waals surface area contributed by atoms with Crippen LogP contribution >= 0.6 is 0 Å². The van der Waals surface area contributed by atoms with Gasteiger partial charge in [0.15, 0.2) is 11.0 Å². The molecule has 0 spiro atoms. The number of fused-ring (bicyclic) bond motifs is 1. The standard InChI is InChI=1S/C24H25NO4/c1-3-25(14-17-12-13-28-15-17)24(27)20-11-7-10-19-21(26)16(2)22(29-23(19)20)18-8-5-4-6-9-18/h4-11,17H,3,12-15H2,1-2H3. The molecule has 2 heterocycles. The Hall–Kier alpha value is -2.92. The minimum atomic E-state index is -0.115. The highest BCUT2D eigenvalue weighted by Gasteiger charge is 2.25. The molecule has 1 amide bonds. The summed E-state index contributed by atoms with van der Waals surface area (Å²) in [4.78, 5) is 28.2. The first-order valence-electron chi connectivity index (χ1n) is 10.1. The molecule has 1 fully saturated rings. The molecule has 4 rings (SSSR count). The van der Waals surface area contributed by atoms with Crippen LogP contribution in [0.1, 0.15) is 29.3 Å². The second-order valence-electron chi connectivity index (χ2n) is 7.51. The van der Waals surface area contributed by atoms with Crippen molar-refractivity contribution in [3.05, 3.63) is 69.9 Å². The van der Waals surface area contributed by atoms with E-state index in [1.807, 2.05) is 42.2 Å². The van der Waals surface area contributed by atoms with Gasteiger partial charge in [0, 0.05) is 36.7 Å². The number of benzene rings is 2. The summed E-state index contributed by atoms with van der Waals surface area (Å²) in [5, 5.41) is 0.438. The first-order chi connectivity index (χ1) is 14.1. The minimum absolute atomic E-state index is 0.105. The highest BCUT2D eigenvalue weighted by atomic mass is 16.5. The number of ether oxygens (including phenoxy) is 1. The molecule has 1 saturated heterocycles. The Morgan fingerprint density at radius 1 is 1.14 bits per heavy atom. The maximum Gasteiger partial charge on any atom is 0.257 e. The Kier molecular flexibility index (Phi) is 5.49. The molecule has 0 saturated carbocycles. The number of nitrogens with zero attached hydrogens (tertiary/aromatic N) is 1. The Morgan fingerprint density at radius 3 is 2.62 bits per heavy atom. The van der Waals surface area contributed by atoms with Crippen LogP contribution in [0.15, 0.2) is 57.7 Å². The summed E-state index contributed by atoms with van der Waals surface area (Å²) in [5.74, 6) is 0.745. The van der Waals surface area contributed by atoms with Gasteiger partial charge in [-0.05, 0) is 32.4 Å². The third-order valence-corrected chi connectivity index (χ3v) is 5.58. The van der Waals surface area contributed by atoms with Crippen LogP contribution < -0.4 is 5.43 Å². The molecule has 1 atom stereocenters. The highest BCUT2D eigenvalue weighted by Crippen LogP contribution is 2.28. The maximum absolute atomic E-state index is 13.3. The summed E-state index contributed by atoms with van der Waals surface area (Å²) in [5.41, 5.74) is 2.04. The third-order valence-electron chi connectivity index (χ3n) is 5.58. The van der Waals surface area contributed by atoms with Gasteiger partial charge < -0.3 is 14.1 Å². The number of hydrogen-bond acceptors (Lipinski definition) is 4. The Morgan fingerprint density at radius 2 is 1.93 bits per heavy atom. The molecule has 5 nitrogen and oxygen atoms in total. The minimum Gasteiger partial charge on any atom is -0.455 e. The maximum atomic E-state index is 13.3. The summed E-state index contributed by atoms with van der Waals surface area (Å²) < 4.78 is 11.7. The summed E-state index contributed by atoms with van der Waals surface area (Å²) in [6.45, 7) is 6.40. The topological polar surface area (TPSA) is 59.8 Å². The van der Waals surface area contributed by atoms with Crippen molar-refractivity contribution < 1.29 is 13.9 Å². The van der Waals surface area contributed by atoms with E-state index >= 15 is 0 Å². The fourth-order valence-corrected chi connectivity index (χ4v) is 3.91. The predicted octanol–water partition coefficient (Wildman–Crippen LogP) is 4.27. The highest BCUT2D eigenvalue weighted by molar-refractivity contribution is 6.05. The van der Waals surface area contributed by atoms with E-state index in [9.17, 15) is 9.59 Å². The van der Waals surface area contributed by atoms with Crippen LogP contribution in [-0.2, 0) is 4.74 Å².